The molecule has 0 amide bonds. The van der Waals surface area contributed by atoms with Gasteiger partial charge in [0.15, 0.2) is 11.6 Å². The molecule has 3 aromatic heterocycles. The summed E-state index contributed by atoms with van der Waals surface area (Å²) >= 11 is 0. The zero-order valence-corrected chi connectivity index (χ0v) is 32.0. The summed E-state index contributed by atoms with van der Waals surface area (Å²) in [6.45, 7) is 6.64. The number of nitrogens with one attached hydrogen (secondary N) is 1. The molecule has 0 spiro atoms. The number of halogens is 1. The van der Waals surface area contributed by atoms with Crippen molar-refractivity contribution in [1.82, 2.24) is 34.1 Å². The Morgan fingerprint density at radius 1 is 0.852 bits per heavy atom. The lowest BCUT2D eigenvalue weighted by Gasteiger charge is -2.38. The zero-order chi connectivity index (χ0) is 38.4. The van der Waals surface area contributed by atoms with Crippen LogP contribution in [0, 0.1) is 12.7 Å². The number of rotatable bonds is 14. The fourth-order valence-electron chi connectivity index (χ4n) is 6.21. The lowest BCUT2D eigenvalue weighted by Crippen LogP contribution is -2.52. The van der Waals surface area contributed by atoms with Crippen LogP contribution in [0.15, 0.2) is 73.1 Å². The number of nitrogens with zero attached hydrogens (tertiary/aromatic N) is 8. The van der Waals surface area contributed by atoms with Crippen molar-refractivity contribution in [3.05, 3.63) is 101 Å². The number of sulfonamides is 1. The summed E-state index contributed by atoms with van der Waals surface area (Å²) < 4.78 is 56.5. The number of piperazine rings is 1. The van der Waals surface area contributed by atoms with Crippen molar-refractivity contribution in [2.24, 2.45) is 0 Å². The van der Waals surface area contributed by atoms with Gasteiger partial charge in [0.05, 0.1) is 45.0 Å². The molecular weight excluding hydrogens is 714 g/mol. The minimum atomic E-state index is -3.29. The summed E-state index contributed by atoms with van der Waals surface area (Å²) in [5.41, 5.74) is 3.82. The molecule has 14 nitrogen and oxygen atoms in total. The van der Waals surface area contributed by atoms with Crippen LogP contribution >= 0.6 is 0 Å². The van der Waals surface area contributed by atoms with Crippen LogP contribution in [0.4, 0.5) is 21.8 Å². The van der Waals surface area contributed by atoms with E-state index in [9.17, 15) is 12.8 Å². The number of pyridine rings is 2. The van der Waals surface area contributed by atoms with Gasteiger partial charge in [-0.15, -0.1) is 0 Å². The molecule has 284 valence electrons. The summed E-state index contributed by atoms with van der Waals surface area (Å²) in [6, 6.07) is 18.9. The highest BCUT2D eigenvalue weighted by Crippen LogP contribution is 2.31. The summed E-state index contributed by atoms with van der Waals surface area (Å²) in [5, 5.41) is 3.20. The van der Waals surface area contributed by atoms with Gasteiger partial charge < -0.3 is 24.4 Å². The number of methoxy groups -OCH3 is 3. The highest BCUT2D eigenvalue weighted by molar-refractivity contribution is 7.88. The van der Waals surface area contributed by atoms with E-state index in [1.165, 1.54) is 29.9 Å². The summed E-state index contributed by atoms with van der Waals surface area (Å²) in [4.78, 5) is 27.7. The lowest BCUT2D eigenvalue weighted by molar-refractivity contribution is 0.122. The maximum atomic E-state index is 14.7. The van der Waals surface area contributed by atoms with E-state index in [1.54, 1.807) is 20.4 Å². The molecule has 0 saturated carbocycles. The van der Waals surface area contributed by atoms with Crippen molar-refractivity contribution in [2.45, 2.75) is 39.5 Å². The van der Waals surface area contributed by atoms with Gasteiger partial charge in [0.2, 0.25) is 21.9 Å². The van der Waals surface area contributed by atoms with Crippen molar-refractivity contribution in [1.29, 1.82) is 0 Å². The number of aromatic nitrogens is 5. The molecule has 1 saturated heterocycles. The second-order valence-electron chi connectivity index (χ2n) is 13.1. The molecule has 5 aromatic rings. The van der Waals surface area contributed by atoms with E-state index in [0.717, 1.165) is 28.2 Å². The Hall–Kier alpha value is -5.45. The van der Waals surface area contributed by atoms with Gasteiger partial charge in [-0.3, -0.25) is 4.90 Å². The fourth-order valence-corrected chi connectivity index (χ4v) is 7.11. The van der Waals surface area contributed by atoms with E-state index in [0.29, 0.717) is 73.9 Å². The highest BCUT2D eigenvalue weighted by atomic mass is 32.2. The number of benzene rings is 2. The minimum Gasteiger partial charge on any atom is -0.497 e. The number of ether oxygens (including phenoxy) is 3. The van der Waals surface area contributed by atoms with Crippen LogP contribution in [-0.4, -0.2) is 95.8 Å². The standard InChI is InChI=1S/C38H44FN9O5S/c1-25-21-48(54(6,49)50)16-15-46(25)24-29-17-33(35(40-19-29)44-30-18-34(39)37(53-5)41-20-30)36-42-26(2)43-38(45-36)47(22-27-7-11-31(51-3)12-8-27)23-28-9-13-32(52-4)14-10-28/h7-14,17-20,25H,15-16,21-24H2,1-6H3,(H,40,44)/t25-/m1/s1. The predicted octanol–water partition coefficient (Wildman–Crippen LogP) is 5.22. The van der Waals surface area contributed by atoms with Crippen molar-refractivity contribution < 1.29 is 27.0 Å². The number of hydrogen-bond donors (Lipinski definition) is 1. The average molecular weight is 758 g/mol. The number of anilines is 3. The lowest BCUT2D eigenvalue weighted by atomic mass is 10.1. The minimum absolute atomic E-state index is 0.0291. The smallest absolute Gasteiger partial charge is 0.250 e. The molecule has 0 bridgehead atoms. The molecule has 6 rings (SSSR count). The quantitative estimate of drug-likeness (QED) is 0.158. The van der Waals surface area contributed by atoms with Gasteiger partial charge in [0.25, 0.3) is 0 Å². The molecule has 1 aliphatic heterocycles. The molecule has 16 heteroatoms. The first kappa shape index (κ1) is 38.3. The van der Waals surface area contributed by atoms with Crippen LogP contribution < -0.4 is 24.4 Å². The zero-order valence-electron chi connectivity index (χ0n) is 31.2. The predicted molar refractivity (Wildman–Crippen MR) is 204 cm³/mol. The van der Waals surface area contributed by atoms with Gasteiger partial charge in [0, 0.05) is 57.6 Å². The average Bonchev–Trinajstić information content (AvgIpc) is 3.16. The van der Waals surface area contributed by atoms with Gasteiger partial charge in [-0.05, 0) is 60.9 Å². The third-order valence-electron chi connectivity index (χ3n) is 9.11. The molecular formula is C38H44FN9O5S. The normalized spacial score (nSPS) is 15.1. The fraction of sp³-hybridized carbons (Fsp3) is 0.342. The Bertz CT molecular complexity index is 2130. The Labute approximate surface area is 315 Å². The Morgan fingerprint density at radius 3 is 2.06 bits per heavy atom. The monoisotopic (exact) mass is 757 g/mol. The van der Waals surface area contributed by atoms with Gasteiger partial charge in [-0.2, -0.15) is 14.3 Å². The first-order valence-corrected chi connectivity index (χ1v) is 19.2. The van der Waals surface area contributed by atoms with E-state index < -0.39 is 15.8 Å². The molecule has 2 aromatic carbocycles. The van der Waals surface area contributed by atoms with E-state index in [-0.39, 0.29) is 11.9 Å². The van der Waals surface area contributed by atoms with Crippen LogP contribution in [-0.2, 0) is 29.7 Å². The van der Waals surface area contributed by atoms with E-state index in [2.05, 4.69) is 20.1 Å². The van der Waals surface area contributed by atoms with E-state index >= 15 is 0 Å². The van der Waals surface area contributed by atoms with Gasteiger partial charge in [-0.1, -0.05) is 24.3 Å². The summed E-state index contributed by atoms with van der Waals surface area (Å²) in [6.07, 6.45) is 4.44. The highest BCUT2D eigenvalue weighted by Gasteiger charge is 2.29. The first-order valence-electron chi connectivity index (χ1n) is 17.3. The van der Waals surface area contributed by atoms with Gasteiger partial charge in [-0.25, -0.2) is 27.8 Å². The third-order valence-corrected chi connectivity index (χ3v) is 10.4. The SMILES string of the molecule is COc1ccc(CN(Cc2ccc(OC)cc2)c2nc(C)nc(-c3cc(CN4CCN(S(C)(=O)=O)C[C@H]4C)cnc3Nc3cnc(OC)c(F)c3)n2)cc1. The molecule has 1 fully saturated rings. The summed E-state index contributed by atoms with van der Waals surface area (Å²) in [5.74, 6) is 2.44. The van der Waals surface area contributed by atoms with E-state index in [1.807, 2.05) is 68.4 Å². The van der Waals surface area contributed by atoms with E-state index in [4.69, 9.17) is 34.1 Å². The van der Waals surface area contributed by atoms with Crippen molar-refractivity contribution in [3.8, 4) is 28.8 Å². The van der Waals surface area contributed by atoms with Crippen LogP contribution in [0.5, 0.6) is 17.4 Å². The second kappa shape index (κ2) is 16.7. The molecule has 54 heavy (non-hydrogen) atoms. The molecule has 1 aliphatic rings. The first-order chi connectivity index (χ1) is 25.9. The number of hydrogen-bond acceptors (Lipinski definition) is 13. The topological polar surface area (TPSA) is 148 Å². The van der Waals surface area contributed by atoms with Crippen LogP contribution in [0.2, 0.25) is 0 Å². The molecule has 0 unspecified atom stereocenters. The van der Waals surface area contributed by atoms with Crippen LogP contribution in [0.25, 0.3) is 11.4 Å². The molecule has 1 N–H and O–H groups in total. The Morgan fingerprint density at radius 2 is 1.50 bits per heavy atom. The second-order valence-corrected chi connectivity index (χ2v) is 15.1. The molecule has 0 radical (unpaired) electrons. The molecule has 0 aliphatic carbocycles. The Kier molecular flexibility index (Phi) is 11.8. The van der Waals surface area contributed by atoms with Crippen LogP contribution in [0.3, 0.4) is 0 Å². The number of aryl methyl sites for hydroxylation is 1. The van der Waals surface area contributed by atoms with Gasteiger partial charge >= 0.3 is 0 Å². The van der Waals surface area contributed by atoms with Crippen LogP contribution in [0.1, 0.15) is 29.4 Å². The third kappa shape index (κ3) is 9.37. The molecule has 4 heterocycles. The van der Waals surface area contributed by atoms with Gasteiger partial charge in [0.1, 0.15) is 23.1 Å². The maximum absolute atomic E-state index is 14.7. The Balaban J connectivity index is 1.39. The largest absolute Gasteiger partial charge is 0.497 e. The maximum Gasteiger partial charge on any atom is 0.250 e. The van der Waals surface area contributed by atoms with Crippen molar-refractivity contribution in [3.63, 3.8) is 0 Å². The molecule has 1 atom stereocenters. The van der Waals surface area contributed by atoms with Crippen molar-refractivity contribution in [2.75, 3.05) is 57.4 Å². The van der Waals surface area contributed by atoms with Crippen molar-refractivity contribution >= 4 is 27.5 Å². The summed E-state index contributed by atoms with van der Waals surface area (Å²) in [7, 11) is 1.33.